The van der Waals surface area contributed by atoms with E-state index in [9.17, 15) is 9.00 Å². The maximum absolute atomic E-state index is 11.1. The van der Waals surface area contributed by atoms with E-state index in [0.717, 1.165) is 12.2 Å². The third-order valence-corrected chi connectivity index (χ3v) is 3.28. The highest BCUT2D eigenvalue weighted by Crippen LogP contribution is 2.07. The first-order valence-electron chi connectivity index (χ1n) is 3.92. The number of amides is 2. The van der Waals surface area contributed by atoms with Gasteiger partial charge in [-0.05, 0) is 6.42 Å². The van der Waals surface area contributed by atoms with Gasteiger partial charge < -0.3 is 10.2 Å². The van der Waals surface area contributed by atoms with Gasteiger partial charge in [0.25, 0.3) is 0 Å². The van der Waals surface area contributed by atoms with E-state index in [1.807, 2.05) is 0 Å². The first-order valence-corrected chi connectivity index (χ1v) is 5.41. The average Bonchev–Trinajstić information content (AvgIpc) is 2.35. The molecular formula is C7H14N2O2S. The lowest BCUT2D eigenvalue weighted by Crippen LogP contribution is -2.41. The Labute approximate surface area is 74.8 Å². The molecule has 1 saturated heterocycles. The Hall–Kier alpha value is -0.580. The van der Waals surface area contributed by atoms with Crippen LogP contribution in [-0.2, 0) is 10.8 Å². The highest BCUT2D eigenvalue weighted by Gasteiger charge is 2.22. The Morgan fingerprint density at radius 1 is 1.58 bits per heavy atom. The van der Waals surface area contributed by atoms with E-state index in [4.69, 9.17) is 0 Å². The molecule has 0 spiro atoms. The molecule has 70 valence electrons. The van der Waals surface area contributed by atoms with Crippen molar-refractivity contribution in [2.24, 2.45) is 0 Å². The third kappa shape index (κ3) is 2.48. The molecule has 0 aromatic heterocycles. The molecule has 12 heavy (non-hydrogen) atoms. The molecule has 1 heterocycles. The van der Waals surface area contributed by atoms with E-state index in [2.05, 4.69) is 5.32 Å². The molecule has 1 N–H and O–H groups in total. The van der Waals surface area contributed by atoms with Gasteiger partial charge in [0.2, 0.25) is 0 Å². The molecule has 1 aliphatic rings. The van der Waals surface area contributed by atoms with Gasteiger partial charge in [-0.15, -0.1) is 0 Å². The lowest BCUT2D eigenvalue weighted by molar-refractivity contribution is 0.214. The van der Waals surface area contributed by atoms with Crippen LogP contribution in [0.2, 0.25) is 0 Å². The molecular weight excluding hydrogens is 176 g/mol. The van der Waals surface area contributed by atoms with Gasteiger partial charge in [0.15, 0.2) is 0 Å². The van der Waals surface area contributed by atoms with Crippen LogP contribution in [0.5, 0.6) is 0 Å². The maximum atomic E-state index is 11.1. The molecule has 0 saturated carbocycles. The molecule has 2 unspecified atom stereocenters. The molecule has 1 aliphatic heterocycles. The Balaban J connectivity index is 2.32. The van der Waals surface area contributed by atoms with E-state index in [1.165, 1.54) is 4.90 Å². The van der Waals surface area contributed by atoms with Crippen LogP contribution in [0.3, 0.4) is 0 Å². The second kappa shape index (κ2) is 3.89. The molecule has 0 aromatic rings. The van der Waals surface area contributed by atoms with Crippen LogP contribution in [0.4, 0.5) is 4.79 Å². The quantitative estimate of drug-likeness (QED) is 0.621. The minimum absolute atomic E-state index is 0.0982. The number of hydrogen-bond acceptors (Lipinski definition) is 2. The van der Waals surface area contributed by atoms with Crippen molar-refractivity contribution in [1.29, 1.82) is 0 Å². The van der Waals surface area contributed by atoms with Crippen LogP contribution in [0.15, 0.2) is 0 Å². The van der Waals surface area contributed by atoms with Gasteiger partial charge in [0, 0.05) is 42.4 Å². The molecule has 1 fully saturated rings. The molecule has 2 atom stereocenters. The maximum Gasteiger partial charge on any atom is 0.317 e. The summed E-state index contributed by atoms with van der Waals surface area (Å²) in [6.07, 6.45) is 0.839. The standard InChI is InChI=1S/C7H14N2O2S/c1-9(2)7(10)8-6-3-4-12(11)5-6/h6H,3-5H2,1-2H3,(H,8,10). The lowest BCUT2D eigenvalue weighted by atomic mass is 10.3. The fourth-order valence-corrected chi connectivity index (χ4v) is 2.50. The fourth-order valence-electron chi connectivity index (χ4n) is 1.08. The van der Waals surface area contributed by atoms with Crippen molar-refractivity contribution in [3.63, 3.8) is 0 Å². The smallest absolute Gasteiger partial charge is 0.317 e. The van der Waals surface area contributed by atoms with Gasteiger partial charge in [-0.3, -0.25) is 4.21 Å². The van der Waals surface area contributed by atoms with Crippen molar-refractivity contribution in [3.8, 4) is 0 Å². The number of carbonyl (C=O) groups excluding carboxylic acids is 1. The number of nitrogens with one attached hydrogen (secondary N) is 1. The van der Waals surface area contributed by atoms with Crippen molar-refractivity contribution >= 4 is 16.8 Å². The van der Waals surface area contributed by atoms with Crippen molar-refractivity contribution in [3.05, 3.63) is 0 Å². The van der Waals surface area contributed by atoms with Gasteiger partial charge in [-0.2, -0.15) is 0 Å². The Morgan fingerprint density at radius 3 is 2.67 bits per heavy atom. The number of carbonyl (C=O) groups is 1. The highest BCUT2D eigenvalue weighted by atomic mass is 32.2. The topological polar surface area (TPSA) is 49.4 Å². The molecule has 0 aliphatic carbocycles. The van der Waals surface area contributed by atoms with Gasteiger partial charge in [-0.1, -0.05) is 0 Å². The van der Waals surface area contributed by atoms with Crippen LogP contribution in [0, 0.1) is 0 Å². The Morgan fingerprint density at radius 2 is 2.25 bits per heavy atom. The van der Waals surface area contributed by atoms with Crippen molar-refractivity contribution in [2.45, 2.75) is 12.5 Å². The third-order valence-electron chi connectivity index (χ3n) is 1.81. The van der Waals surface area contributed by atoms with Gasteiger partial charge in [-0.25, -0.2) is 4.79 Å². The SMILES string of the molecule is CN(C)C(=O)NC1CCS(=O)C1. The zero-order valence-corrected chi connectivity index (χ0v) is 8.19. The summed E-state index contributed by atoms with van der Waals surface area (Å²) in [5, 5.41) is 2.80. The summed E-state index contributed by atoms with van der Waals surface area (Å²) in [5.41, 5.74) is 0. The van der Waals surface area contributed by atoms with Crippen LogP contribution < -0.4 is 5.32 Å². The molecule has 4 nitrogen and oxygen atoms in total. The monoisotopic (exact) mass is 190 g/mol. The first kappa shape index (κ1) is 9.51. The summed E-state index contributed by atoms with van der Waals surface area (Å²) in [6, 6.07) is 0.0135. The summed E-state index contributed by atoms with van der Waals surface area (Å²) in [6.45, 7) is 0. The van der Waals surface area contributed by atoms with Gasteiger partial charge in [0.05, 0.1) is 0 Å². The molecule has 2 amide bonds. The molecule has 0 bridgehead atoms. The van der Waals surface area contributed by atoms with Crippen LogP contribution in [0.1, 0.15) is 6.42 Å². The summed E-state index contributed by atoms with van der Waals surface area (Å²) < 4.78 is 11.0. The summed E-state index contributed by atoms with van der Waals surface area (Å²) in [7, 11) is 2.68. The molecule has 0 aromatic carbocycles. The first-order chi connectivity index (χ1) is 5.59. The largest absolute Gasteiger partial charge is 0.334 e. The van der Waals surface area contributed by atoms with E-state index >= 15 is 0 Å². The number of urea groups is 1. The molecule has 5 heteroatoms. The zero-order chi connectivity index (χ0) is 9.14. The Kier molecular flexibility index (Phi) is 3.08. The van der Waals surface area contributed by atoms with Crippen LogP contribution >= 0.6 is 0 Å². The van der Waals surface area contributed by atoms with E-state index < -0.39 is 10.8 Å². The lowest BCUT2D eigenvalue weighted by Gasteiger charge is -2.15. The summed E-state index contributed by atoms with van der Waals surface area (Å²) >= 11 is 0. The second-order valence-corrected chi connectivity index (χ2v) is 4.76. The fraction of sp³-hybridized carbons (Fsp3) is 0.857. The predicted molar refractivity (Wildman–Crippen MR) is 48.5 cm³/mol. The normalized spacial score (nSPS) is 28.5. The average molecular weight is 190 g/mol. The molecule has 1 rings (SSSR count). The minimum atomic E-state index is -0.716. The zero-order valence-electron chi connectivity index (χ0n) is 7.37. The molecule has 0 radical (unpaired) electrons. The Bertz CT molecular complexity index is 206. The summed E-state index contributed by atoms with van der Waals surface area (Å²) in [4.78, 5) is 12.6. The number of hydrogen-bond donors (Lipinski definition) is 1. The van der Waals surface area contributed by atoms with Crippen LogP contribution in [0.25, 0.3) is 0 Å². The van der Waals surface area contributed by atoms with Crippen molar-refractivity contribution in [1.82, 2.24) is 10.2 Å². The van der Waals surface area contributed by atoms with E-state index in [1.54, 1.807) is 14.1 Å². The summed E-state index contributed by atoms with van der Waals surface area (Å²) in [5.74, 6) is 1.33. The van der Waals surface area contributed by atoms with Gasteiger partial charge in [0.1, 0.15) is 0 Å². The van der Waals surface area contributed by atoms with Gasteiger partial charge >= 0.3 is 6.03 Å². The predicted octanol–water partition coefficient (Wildman–Crippen LogP) is -0.221. The van der Waals surface area contributed by atoms with Crippen molar-refractivity contribution < 1.29 is 9.00 Å². The highest BCUT2D eigenvalue weighted by molar-refractivity contribution is 7.85. The number of rotatable bonds is 1. The van der Waals surface area contributed by atoms with E-state index in [-0.39, 0.29) is 12.1 Å². The van der Waals surface area contributed by atoms with Crippen molar-refractivity contribution in [2.75, 3.05) is 25.6 Å². The number of nitrogens with zero attached hydrogens (tertiary/aromatic N) is 1. The second-order valence-electron chi connectivity index (χ2n) is 3.14. The van der Waals surface area contributed by atoms with E-state index in [0.29, 0.717) is 5.75 Å². The minimum Gasteiger partial charge on any atom is -0.334 e. The van der Waals surface area contributed by atoms with Crippen LogP contribution in [-0.4, -0.2) is 46.8 Å².